The van der Waals surface area contributed by atoms with Gasteiger partial charge in [0, 0.05) is 36.9 Å². The molecule has 0 radical (unpaired) electrons. The van der Waals surface area contributed by atoms with Gasteiger partial charge in [0.15, 0.2) is 0 Å². The summed E-state index contributed by atoms with van der Waals surface area (Å²) in [5, 5.41) is 15.6. The van der Waals surface area contributed by atoms with Crippen LogP contribution in [0.5, 0.6) is 0 Å². The molecule has 2 aromatic carbocycles. The third kappa shape index (κ3) is 4.51. The van der Waals surface area contributed by atoms with E-state index in [1.54, 1.807) is 24.1 Å². The van der Waals surface area contributed by atoms with Crippen LogP contribution in [0.15, 0.2) is 60.9 Å². The molecule has 1 aromatic heterocycles. The monoisotopic (exact) mass is 384 g/mol. The van der Waals surface area contributed by atoms with Crippen molar-refractivity contribution in [3.05, 3.63) is 87.2 Å². The fraction of sp³-hybridized carbons (Fsp3) is 0.158. The van der Waals surface area contributed by atoms with Gasteiger partial charge in [0.2, 0.25) is 5.91 Å². The molecule has 0 saturated heterocycles. The van der Waals surface area contributed by atoms with Crippen LogP contribution < -0.4 is 0 Å². The number of nitro groups is 1. The second kappa shape index (κ2) is 8.01. The van der Waals surface area contributed by atoms with Crippen LogP contribution in [0, 0.1) is 10.1 Å². The van der Waals surface area contributed by atoms with E-state index in [0.717, 1.165) is 11.3 Å². The Morgan fingerprint density at radius 1 is 1.26 bits per heavy atom. The molecule has 3 rings (SSSR count). The van der Waals surface area contributed by atoms with Crippen molar-refractivity contribution in [1.82, 2.24) is 14.7 Å². The summed E-state index contributed by atoms with van der Waals surface area (Å²) in [5.74, 6) is -0.134. The first kappa shape index (κ1) is 18.6. The number of hydrogen-bond donors (Lipinski definition) is 0. The third-order valence-electron chi connectivity index (χ3n) is 4.09. The van der Waals surface area contributed by atoms with Gasteiger partial charge in [-0.05, 0) is 29.3 Å². The van der Waals surface area contributed by atoms with Crippen molar-refractivity contribution < 1.29 is 9.72 Å². The lowest BCUT2D eigenvalue weighted by molar-refractivity contribution is -0.384. The molecule has 27 heavy (non-hydrogen) atoms. The normalized spacial score (nSPS) is 10.6. The number of hydrogen-bond acceptors (Lipinski definition) is 4. The number of halogens is 1. The second-order valence-electron chi connectivity index (χ2n) is 6.09. The zero-order chi connectivity index (χ0) is 19.4. The molecule has 0 aliphatic heterocycles. The molecule has 0 bridgehead atoms. The highest BCUT2D eigenvalue weighted by Crippen LogP contribution is 2.23. The van der Waals surface area contributed by atoms with E-state index in [9.17, 15) is 14.9 Å². The van der Waals surface area contributed by atoms with E-state index in [-0.39, 0.29) is 24.6 Å². The van der Waals surface area contributed by atoms with Gasteiger partial charge < -0.3 is 4.90 Å². The number of aromatic nitrogens is 2. The maximum absolute atomic E-state index is 12.5. The predicted molar refractivity (Wildman–Crippen MR) is 102 cm³/mol. The highest BCUT2D eigenvalue weighted by atomic mass is 35.5. The Hall–Kier alpha value is -3.19. The van der Waals surface area contributed by atoms with E-state index in [0.29, 0.717) is 10.6 Å². The van der Waals surface area contributed by atoms with E-state index in [2.05, 4.69) is 5.10 Å². The zero-order valence-electron chi connectivity index (χ0n) is 14.6. The fourth-order valence-electron chi connectivity index (χ4n) is 2.62. The highest BCUT2D eigenvalue weighted by Gasteiger charge is 2.16. The predicted octanol–water partition coefficient (Wildman–Crippen LogP) is 3.64. The fourth-order valence-corrected chi connectivity index (χ4v) is 2.80. The molecule has 0 saturated carbocycles. The van der Waals surface area contributed by atoms with E-state index in [1.807, 2.05) is 30.3 Å². The van der Waals surface area contributed by atoms with Gasteiger partial charge in [-0.2, -0.15) is 5.10 Å². The van der Waals surface area contributed by atoms with Crippen molar-refractivity contribution in [3.63, 3.8) is 0 Å². The summed E-state index contributed by atoms with van der Waals surface area (Å²) in [6.07, 6.45) is 3.64. The van der Waals surface area contributed by atoms with Crippen LogP contribution in [0.1, 0.15) is 11.1 Å². The van der Waals surface area contributed by atoms with Gasteiger partial charge in [0.1, 0.15) is 0 Å². The first-order valence-electron chi connectivity index (χ1n) is 8.20. The van der Waals surface area contributed by atoms with Crippen molar-refractivity contribution >= 4 is 23.2 Å². The van der Waals surface area contributed by atoms with Gasteiger partial charge in [-0.25, -0.2) is 4.68 Å². The summed E-state index contributed by atoms with van der Waals surface area (Å²) in [5.41, 5.74) is 2.16. The molecule has 7 nitrogen and oxygen atoms in total. The molecule has 0 fully saturated rings. The van der Waals surface area contributed by atoms with Crippen molar-refractivity contribution in [2.24, 2.45) is 0 Å². The van der Waals surface area contributed by atoms with Crippen LogP contribution in [-0.2, 0) is 17.8 Å². The summed E-state index contributed by atoms with van der Waals surface area (Å²) in [6.45, 7) is 0.187. The smallest absolute Gasteiger partial charge is 0.269 e. The molecule has 0 spiro atoms. The van der Waals surface area contributed by atoms with Crippen LogP contribution in [0.25, 0.3) is 5.69 Å². The lowest BCUT2D eigenvalue weighted by Gasteiger charge is -2.17. The summed E-state index contributed by atoms with van der Waals surface area (Å²) < 4.78 is 1.71. The Labute approximate surface area is 160 Å². The first-order chi connectivity index (χ1) is 12.9. The molecular weight excluding hydrogens is 368 g/mol. The minimum absolute atomic E-state index is 0.0561. The molecule has 3 aromatic rings. The number of carbonyl (C=O) groups excluding carboxylic acids is 1. The van der Waals surface area contributed by atoms with Crippen molar-refractivity contribution in [2.75, 3.05) is 7.05 Å². The first-order valence-corrected chi connectivity index (χ1v) is 8.57. The molecule has 0 aliphatic rings. The summed E-state index contributed by atoms with van der Waals surface area (Å²) in [7, 11) is 1.64. The van der Waals surface area contributed by atoms with E-state index in [4.69, 9.17) is 11.6 Å². The molecule has 1 amide bonds. The minimum Gasteiger partial charge on any atom is -0.341 e. The van der Waals surface area contributed by atoms with E-state index in [1.165, 1.54) is 23.1 Å². The number of para-hydroxylation sites is 1. The molecule has 8 heteroatoms. The maximum Gasteiger partial charge on any atom is 0.269 e. The average Bonchev–Trinajstić information content (AvgIpc) is 3.12. The quantitative estimate of drug-likeness (QED) is 0.480. The minimum atomic E-state index is -0.486. The Kier molecular flexibility index (Phi) is 5.52. The summed E-state index contributed by atoms with van der Waals surface area (Å²) in [4.78, 5) is 24.4. The number of benzene rings is 2. The van der Waals surface area contributed by atoms with Crippen molar-refractivity contribution in [2.45, 2.75) is 13.0 Å². The van der Waals surface area contributed by atoms with Crippen molar-refractivity contribution in [1.29, 1.82) is 0 Å². The van der Waals surface area contributed by atoms with Gasteiger partial charge in [0.25, 0.3) is 5.69 Å². The number of likely N-dealkylation sites (N-methyl/N-ethyl adjacent to an activating group) is 1. The van der Waals surface area contributed by atoms with Crippen LogP contribution in [-0.4, -0.2) is 32.6 Å². The average molecular weight is 385 g/mol. The summed E-state index contributed by atoms with van der Waals surface area (Å²) in [6, 6.07) is 13.8. The van der Waals surface area contributed by atoms with Gasteiger partial charge in [0.05, 0.1) is 23.2 Å². The standard InChI is InChI=1S/C19H17ClN4O3/c1-22(13-15-10-17(24(26)27)7-8-18(15)20)19(25)9-14-11-21-23(12-14)16-5-3-2-4-6-16/h2-8,10-12H,9,13H2,1H3. The lowest BCUT2D eigenvalue weighted by atomic mass is 10.1. The highest BCUT2D eigenvalue weighted by molar-refractivity contribution is 6.31. The number of amides is 1. The molecule has 0 unspecified atom stereocenters. The number of non-ortho nitro benzene ring substituents is 1. The van der Waals surface area contributed by atoms with E-state index < -0.39 is 4.92 Å². The van der Waals surface area contributed by atoms with Gasteiger partial charge in [-0.15, -0.1) is 0 Å². The number of nitro benzene ring substituents is 1. The lowest BCUT2D eigenvalue weighted by Crippen LogP contribution is -2.27. The zero-order valence-corrected chi connectivity index (χ0v) is 15.3. The number of nitrogens with zero attached hydrogens (tertiary/aromatic N) is 4. The molecule has 1 heterocycles. The Bertz CT molecular complexity index is 972. The number of carbonyl (C=O) groups is 1. The molecular formula is C19H17ClN4O3. The maximum atomic E-state index is 12.5. The van der Waals surface area contributed by atoms with Crippen LogP contribution >= 0.6 is 11.6 Å². The third-order valence-corrected chi connectivity index (χ3v) is 4.45. The Morgan fingerprint density at radius 2 is 2.00 bits per heavy atom. The van der Waals surface area contributed by atoms with Crippen LogP contribution in [0.3, 0.4) is 0 Å². The SMILES string of the molecule is CN(Cc1cc([N+](=O)[O-])ccc1Cl)C(=O)Cc1cnn(-c2ccccc2)c1. The Morgan fingerprint density at radius 3 is 2.70 bits per heavy atom. The Balaban J connectivity index is 1.67. The second-order valence-corrected chi connectivity index (χ2v) is 6.50. The van der Waals surface area contributed by atoms with Crippen LogP contribution in [0.2, 0.25) is 5.02 Å². The van der Waals surface area contributed by atoms with Gasteiger partial charge in [-0.1, -0.05) is 29.8 Å². The van der Waals surface area contributed by atoms with E-state index >= 15 is 0 Å². The topological polar surface area (TPSA) is 81.3 Å². The van der Waals surface area contributed by atoms with Gasteiger partial charge >= 0.3 is 0 Å². The molecule has 0 N–H and O–H groups in total. The molecule has 138 valence electrons. The largest absolute Gasteiger partial charge is 0.341 e. The molecule has 0 atom stereocenters. The summed E-state index contributed by atoms with van der Waals surface area (Å²) >= 11 is 6.11. The number of rotatable bonds is 6. The molecule has 0 aliphatic carbocycles. The van der Waals surface area contributed by atoms with Crippen LogP contribution in [0.4, 0.5) is 5.69 Å². The van der Waals surface area contributed by atoms with Crippen molar-refractivity contribution in [3.8, 4) is 5.69 Å². The van der Waals surface area contributed by atoms with Gasteiger partial charge in [-0.3, -0.25) is 14.9 Å².